The van der Waals surface area contributed by atoms with Crippen LogP contribution in [-0.2, 0) is 20.1 Å². The number of aromatic nitrogens is 2. The van der Waals surface area contributed by atoms with Crippen LogP contribution < -0.4 is 10.9 Å². The maximum atomic E-state index is 12.2. The average molecular weight is 292 g/mol. The first-order valence-corrected chi connectivity index (χ1v) is 7.72. The molecule has 2 aliphatic heterocycles. The topological polar surface area (TPSA) is 70.4 Å². The second-order valence-corrected chi connectivity index (χ2v) is 6.27. The van der Waals surface area contributed by atoms with E-state index >= 15 is 0 Å². The van der Waals surface area contributed by atoms with Crippen LogP contribution in [0.1, 0.15) is 29.9 Å². The van der Waals surface area contributed by atoms with Crippen molar-refractivity contribution >= 4 is 0 Å². The Hall–Kier alpha value is -1.24. The third kappa shape index (κ3) is 2.88. The molecule has 1 aromatic heterocycles. The van der Waals surface area contributed by atoms with Crippen molar-refractivity contribution in [3.8, 4) is 0 Å². The van der Waals surface area contributed by atoms with E-state index in [-0.39, 0.29) is 11.7 Å². The molecule has 3 rings (SSSR count). The van der Waals surface area contributed by atoms with Gasteiger partial charge in [-0.05, 0) is 38.8 Å². The normalized spacial score (nSPS) is 21.5. The molecule has 0 saturated carbocycles. The van der Waals surface area contributed by atoms with Crippen molar-refractivity contribution in [1.29, 1.82) is 0 Å². The van der Waals surface area contributed by atoms with Gasteiger partial charge in [0, 0.05) is 26.7 Å². The summed E-state index contributed by atoms with van der Waals surface area (Å²) in [7, 11) is 1.76. The van der Waals surface area contributed by atoms with E-state index in [1.165, 1.54) is 0 Å². The Morgan fingerprint density at radius 2 is 2.10 bits per heavy atom. The van der Waals surface area contributed by atoms with Crippen molar-refractivity contribution in [1.82, 2.24) is 19.8 Å². The molecule has 1 atom stereocenters. The Bertz CT molecular complexity index is 578. The lowest BCUT2D eigenvalue weighted by atomic mass is 9.92. The Balaban J connectivity index is 1.67. The van der Waals surface area contributed by atoms with E-state index in [1.54, 1.807) is 11.6 Å². The highest BCUT2D eigenvalue weighted by Crippen LogP contribution is 2.22. The molecule has 1 fully saturated rings. The molecule has 21 heavy (non-hydrogen) atoms. The predicted molar refractivity (Wildman–Crippen MR) is 79.9 cm³/mol. The van der Waals surface area contributed by atoms with E-state index in [1.807, 2.05) is 6.92 Å². The molecule has 1 saturated heterocycles. The van der Waals surface area contributed by atoms with Gasteiger partial charge in [-0.1, -0.05) is 0 Å². The van der Waals surface area contributed by atoms with Crippen molar-refractivity contribution in [3.63, 3.8) is 0 Å². The molecule has 116 valence electrons. The van der Waals surface area contributed by atoms with Crippen LogP contribution in [0, 0.1) is 12.8 Å². The number of aliphatic hydroxyl groups is 1. The average Bonchev–Trinajstić information content (AvgIpc) is 2.88. The highest BCUT2D eigenvalue weighted by atomic mass is 16.3. The fraction of sp³-hybridized carbons (Fsp3) is 0.733. The molecule has 0 aromatic carbocycles. The number of aryl methyl sites for hydroxylation is 1. The first-order valence-electron chi connectivity index (χ1n) is 7.72. The number of rotatable bonds is 3. The van der Waals surface area contributed by atoms with E-state index in [0.29, 0.717) is 25.6 Å². The van der Waals surface area contributed by atoms with Crippen molar-refractivity contribution < 1.29 is 5.11 Å². The van der Waals surface area contributed by atoms with Crippen molar-refractivity contribution in [3.05, 3.63) is 27.4 Å². The van der Waals surface area contributed by atoms with E-state index in [2.05, 4.69) is 15.2 Å². The van der Waals surface area contributed by atoms with E-state index in [9.17, 15) is 9.90 Å². The lowest BCUT2D eigenvalue weighted by Gasteiger charge is -2.29. The molecule has 0 radical (unpaired) electrons. The molecule has 1 unspecified atom stereocenters. The third-order valence-electron chi connectivity index (χ3n) is 4.82. The van der Waals surface area contributed by atoms with Gasteiger partial charge in [-0.25, -0.2) is 4.98 Å². The lowest BCUT2D eigenvalue weighted by molar-refractivity contribution is 0.0492. The van der Waals surface area contributed by atoms with Crippen LogP contribution in [0.15, 0.2) is 4.79 Å². The smallest absolute Gasteiger partial charge is 0.258 e. The minimum atomic E-state index is -0.314. The number of hydrogen-bond donors (Lipinski definition) is 2. The first-order chi connectivity index (χ1) is 10.1. The number of β-amino-alcohol motifs (C(OH)–C–C–N with tert-alkyl or cyclic N) is 1. The van der Waals surface area contributed by atoms with Crippen LogP contribution in [0.25, 0.3) is 0 Å². The molecule has 6 heteroatoms. The second-order valence-electron chi connectivity index (χ2n) is 6.27. The minimum Gasteiger partial charge on any atom is -0.392 e. The van der Waals surface area contributed by atoms with Gasteiger partial charge in [-0.2, -0.15) is 0 Å². The van der Waals surface area contributed by atoms with E-state index in [0.717, 1.165) is 43.0 Å². The summed E-state index contributed by atoms with van der Waals surface area (Å²) in [5.41, 5.74) is 1.73. The predicted octanol–water partition coefficient (Wildman–Crippen LogP) is -0.235. The first kappa shape index (κ1) is 14.7. The fourth-order valence-corrected chi connectivity index (χ4v) is 3.36. The maximum absolute atomic E-state index is 12.2. The van der Waals surface area contributed by atoms with Crippen molar-refractivity contribution in [2.45, 2.75) is 39.0 Å². The van der Waals surface area contributed by atoms with Crippen LogP contribution in [-0.4, -0.2) is 45.3 Å². The number of piperidine rings is 1. The number of fused-ring (bicyclic) bond motifs is 1. The zero-order valence-corrected chi connectivity index (χ0v) is 12.8. The second kappa shape index (κ2) is 5.87. The highest BCUT2D eigenvalue weighted by molar-refractivity contribution is 5.22. The van der Waals surface area contributed by atoms with Gasteiger partial charge >= 0.3 is 0 Å². The molecule has 0 aliphatic carbocycles. The molecular weight excluding hydrogens is 268 g/mol. The summed E-state index contributed by atoms with van der Waals surface area (Å²) >= 11 is 0. The van der Waals surface area contributed by atoms with Gasteiger partial charge in [0.15, 0.2) is 0 Å². The summed E-state index contributed by atoms with van der Waals surface area (Å²) in [6, 6.07) is 0. The molecule has 6 nitrogen and oxygen atoms in total. The summed E-state index contributed by atoms with van der Waals surface area (Å²) in [6.45, 7) is 5.75. The van der Waals surface area contributed by atoms with Crippen LogP contribution in [0.5, 0.6) is 0 Å². The van der Waals surface area contributed by atoms with Gasteiger partial charge in [0.05, 0.1) is 17.4 Å². The van der Waals surface area contributed by atoms with Gasteiger partial charge in [0.1, 0.15) is 5.82 Å². The van der Waals surface area contributed by atoms with Gasteiger partial charge in [-0.3, -0.25) is 14.3 Å². The van der Waals surface area contributed by atoms with Crippen molar-refractivity contribution in [2.75, 3.05) is 19.6 Å². The van der Waals surface area contributed by atoms with Gasteiger partial charge < -0.3 is 10.4 Å². The Kier molecular flexibility index (Phi) is 4.10. The van der Waals surface area contributed by atoms with Crippen LogP contribution >= 0.6 is 0 Å². The quantitative estimate of drug-likeness (QED) is 0.805. The van der Waals surface area contributed by atoms with Crippen LogP contribution in [0.4, 0.5) is 0 Å². The van der Waals surface area contributed by atoms with Crippen LogP contribution in [0.2, 0.25) is 0 Å². The molecular formula is C15H24N4O2. The van der Waals surface area contributed by atoms with E-state index < -0.39 is 0 Å². The molecule has 0 bridgehead atoms. The van der Waals surface area contributed by atoms with Gasteiger partial charge in [-0.15, -0.1) is 0 Å². The Labute approximate surface area is 124 Å². The minimum absolute atomic E-state index is 0.0522. The summed E-state index contributed by atoms with van der Waals surface area (Å²) in [6.07, 6.45) is 1.74. The summed E-state index contributed by atoms with van der Waals surface area (Å²) < 4.78 is 1.60. The standard InChI is InChI=1S/C15H24N4O2/c1-10-17-13-8-19(7-12(13)15(21)18(10)2)9-14(20)11-3-5-16-6-4-11/h11,14,16,20H,3-9H2,1-2H3. The molecule has 0 amide bonds. The summed E-state index contributed by atoms with van der Waals surface area (Å²) in [4.78, 5) is 18.9. The maximum Gasteiger partial charge on any atom is 0.258 e. The van der Waals surface area contributed by atoms with Gasteiger partial charge in [0.2, 0.25) is 0 Å². The highest BCUT2D eigenvalue weighted by Gasteiger charge is 2.29. The van der Waals surface area contributed by atoms with Crippen molar-refractivity contribution in [2.24, 2.45) is 13.0 Å². The SMILES string of the molecule is Cc1nc2c(c(=O)n1C)CN(CC(O)C1CCNCC1)C2. The fourth-order valence-electron chi connectivity index (χ4n) is 3.36. The van der Waals surface area contributed by atoms with Gasteiger partial charge in [0.25, 0.3) is 5.56 Å². The number of hydrogen-bond acceptors (Lipinski definition) is 5. The number of nitrogens with one attached hydrogen (secondary N) is 1. The Morgan fingerprint density at radius 1 is 1.38 bits per heavy atom. The summed E-state index contributed by atoms with van der Waals surface area (Å²) in [5, 5.41) is 13.7. The third-order valence-corrected chi connectivity index (χ3v) is 4.82. The zero-order valence-electron chi connectivity index (χ0n) is 12.8. The lowest BCUT2D eigenvalue weighted by Crippen LogP contribution is -2.39. The monoisotopic (exact) mass is 292 g/mol. The molecule has 1 aromatic rings. The molecule has 2 aliphatic rings. The zero-order chi connectivity index (χ0) is 15.0. The molecule has 0 spiro atoms. The Morgan fingerprint density at radius 3 is 2.81 bits per heavy atom. The van der Waals surface area contributed by atoms with E-state index in [4.69, 9.17) is 0 Å². The molecule has 3 heterocycles. The number of nitrogens with zero attached hydrogens (tertiary/aromatic N) is 3. The summed E-state index contributed by atoms with van der Waals surface area (Å²) in [5.74, 6) is 1.12. The largest absolute Gasteiger partial charge is 0.392 e. The molecule has 2 N–H and O–H groups in total. The van der Waals surface area contributed by atoms with Crippen LogP contribution in [0.3, 0.4) is 0 Å². The number of aliphatic hydroxyl groups excluding tert-OH is 1.